The van der Waals surface area contributed by atoms with Gasteiger partial charge >= 0.3 is 7.82 Å². The molecule has 8 nitrogen and oxygen atoms in total. The topological polar surface area (TPSA) is 105 Å². The molecule has 0 aromatic carbocycles. The zero-order valence-corrected chi connectivity index (χ0v) is 60.4. The lowest BCUT2D eigenvalue weighted by atomic mass is 10.0. The number of hydrogen-bond donors (Lipinski definition) is 3. The summed E-state index contributed by atoms with van der Waals surface area (Å²) < 4.78 is 23.8. The Morgan fingerprint density at radius 3 is 0.920 bits per heavy atom. The number of aliphatic hydroxyl groups is 1. The molecular weight excluding hydrogens is 1090 g/mol. The molecule has 0 bridgehead atoms. The molecule has 0 radical (unpaired) electrons. The number of phosphoric acid groups is 1. The van der Waals surface area contributed by atoms with Crippen LogP contribution in [0.4, 0.5) is 0 Å². The van der Waals surface area contributed by atoms with Crippen molar-refractivity contribution in [2.75, 3.05) is 40.9 Å². The molecule has 0 aliphatic rings. The molecule has 0 fully saturated rings. The van der Waals surface area contributed by atoms with Gasteiger partial charge in [-0.1, -0.05) is 404 Å². The van der Waals surface area contributed by atoms with Crippen LogP contribution in [0.3, 0.4) is 0 Å². The second kappa shape index (κ2) is 69.3. The molecule has 0 aliphatic heterocycles. The Morgan fingerprint density at radius 1 is 0.379 bits per heavy atom. The Labute approximate surface area is 545 Å². The molecule has 3 unspecified atom stereocenters. The van der Waals surface area contributed by atoms with E-state index in [9.17, 15) is 19.4 Å². The van der Waals surface area contributed by atoms with Gasteiger partial charge in [0.2, 0.25) is 5.91 Å². The molecule has 0 rings (SSSR count). The van der Waals surface area contributed by atoms with Crippen LogP contribution >= 0.6 is 7.82 Å². The minimum Gasteiger partial charge on any atom is -0.387 e. The van der Waals surface area contributed by atoms with Crippen molar-refractivity contribution in [3.63, 3.8) is 0 Å². The van der Waals surface area contributed by atoms with Crippen molar-refractivity contribution in [1.29, 1.82) is 0 Å². The summed E-state index contributed by atoms with van der Waals surface area (Å²) in [5, 5.41) is 14.0. The first-order chi connectivity index (χ1) is 42.5. The zero-order valence-electron chi connectivity index (χ0n) is 59.6. The van der Waals surface area contributed by atoms with Crippen LogP contribution in [0.25, 0.3) is 0 Å². The molecule has 0 saturated carbocycles. The molecule has 0 aromatic rings. The number of phosphoric ester groups is 1. The van der Waals surface area contributed by atoms with E-state index < -0.39 is 20.0 Å². The summed E-state index contributed by atoms with van der Waals surface area (Å²) in [7, 11) is 1.58. The Morgan fingerprint density at radius 2 is 0.632 bits per heavy atom. The van der Waals surface area contributed by atoms with Crippen LogP contribution in [0.2, 0.25) is 0 Å². The minimum atomic E-state index is -4.36. The Kier molecular flexibility index (Phi) is 68.5. The summed E-state index contributed by atoms with van der Waals surface area (Å²) in [5.41, 5.74) is 0. The summed E-state index contributed by atoms with van der Waals surface area (Å²) >= 11 is 0. The fourth-order valence-electron chi connectivity index (χ4n) is 12.4. The van der Waals surface area contributed by atoms with Crippen LogP contribution in [0.5, 0.6) is 0 Å². The number of unbranched alkanes of at least 4 members (excludes halogenated alkanes) is 59. The molecule has 518 valence electrons. The lowest BCUT2D eigenvalue weighted by Gasteiger charge is -2.25. The van der Waals surface area contributed by atoms with Gasteiger partial charge in [-0.2, -0.15) is 0 Å². The highest BCUT2D eigenvalue weighted by atomic mass is 31.2. The van der Waals surface area contributed by atoms with E-state index in [4.69, 9.17) is 9.05 Å². The molecule has 0 aromatic heterocycles. The molecule has 0 aliphatic carbocycles. The van der Waals surface area contributed by atoms with E-state index in [1.54, 1.807) is 6.08 Å². The van der Waals surface area contributed by atoms with Crippen LogP contribution < -0.4 is 5.32 Å². The smallest absolute Gasteiger partial charge is 0.387 e. The van der Waals surface area contributed by atoms with Crippen molar-refractivity contribution >= 4 is 13.7 Å². The first-order valence-corrected chi connectivity index (χ1v) is 40.7. The number of quaternary nitrogens is 1. The van der Waals surface area contributed by atoms with Gasteiger partial charge in [0, 0.05) is 6.42 Å². The van der Waals surface area contributed by atoms with Gasteiger partial charge in [-0.15, -0.1) is 0 Å². The first-order valence-electron chi connectivity index (χ1n) is 39.2. The summed E-state index contributed by atoms with van der Waals surface area (Å²) in [5.74, 6) is -0.177. The Balaban J connectivity index is 3.92. The van der Waals surface area contributed by atoms with E-state index in [0.717, 1.165) is 38.5 Å². The lowest BCUT2D eigenvalue weighted by Crippen LogP contribution is -2.45. The standard InChI is InChI=1S/C78H155N2O6P/c1-6-8-10-12-14-16-18-20-22-24-26-28-30-32-33-34-35-36-37-38-39-40-41-42-43-44-45-46-48-50-52-54-56-58-60-62-64-66-68-70-72-78(82)79-76(75-86-87(83,84)85-74-73-80(3,4)5)77(81)71-69-67-65-63-61-59-57-55-53-51-49-47-31-29-27-25-23-21-19-17-15-13-11-9-7-2/h61,63,69,71,76-77,81H,6-60,62,64-68,70,72-75H2,1-5H3,(H-,79,82,83,84)/p+1/b63-61+,71-69+. The van der Waals surface area contributed by atoms with Gasteiger partial charge in [0.1, 0.15) is 13.2 Å². The Hall–Kier alpha value is -1.02. The average molecular weight is 1250 g/mol. The third kappa shape index (κ3) is 72.3. The number of amides is 1. The highest BCUT2D eigenvalue weighted by Gasteiger charge is 2.28. The second-order valence-corrected chi connectivity index (χ2v) is 29.9. The van der Waals surface area contributed by atoms with Gasteiger partial charge in [-0.3, -0.25) is 13.8 Å². The molecule has 0 heterocycles. The van der Waals surface area contributed by atoms with Gasteiger partial charge < -0.3 is 19.8 Å². The SMILES string of the molecule is CCCCCCCCCCCCCCCCCCCCC/C=C/CC/C=C/C(O)C(COP(=O)(O)OCC[N+](C)(C)C)NC(=O)CCCCCCCCCCCCCCCCCCCCCCCCCCCCCCCCCCCCCCCCCC. The predicted molar refractivity (Wildman–Crippen MR) is 383 cm³/mol. The van der Waals surface area contributed by atoms with Gasteiger partial charge in [0.25, 0.3) is 0 Å². The number of nitrogens with one attached hydrogen (secondary N) is 1. The summed E-state index contributed by atoms with van der Waals surface area (Å²) in [6.45, 7) is 4.87. The van der Waals surface area contributed by atoms with Crippen molar-refractivity contribution in [2.45, 2.75) is 431 Å². The number of nitrogens with zero attached hydrogens (tertiary/aromatic N) is 1. The van der Waals surface area contributed by atoms with Crippen molar-refractivity contribution in [1.82, 2.24) is 5.32 Å². The second-order valence-electron chi connectivity index (χ2n) is 28.4. The van der Waals surface area contributed by atoms with Crippen molar-refractivity contribution in [3.8, 4) is 0 Å². The van der Waals surface area contributed by atoms with Crippen molar-refractivity contribution in [2.24, 2.45) is 0 Å². The first kappa shape index (κ1) is 86.0. The van der Waals surface area contributed by atoms with Crippen LogP contribution in [0.15, 0.2) is 24.3 Å². The van der Waals surface area contributed by atoms with E-state index in [2.05, 4.69) is 31.3 Å². The molecule has 9 heteroatoms. The van der Waals surface area contributed by atoms with Gasteiger partial charge in [-0.05, 0) is 32.1 Å². The van der Waals surface area contributed by atoms with Crippen molar-refractivity contribution in [3.05, 3.63) is 24.3 Å². The van der Waals surface area contributed by atoms with Gasteiger partial charge in [0.05, 0.1) is 39.9 Å². The largest absolute Gasteiger partial charge is 0.472 e. The fraction of sp³-hybridized carbons (Fsp3) is 0.936. The average Bonchev–Trinajstić information content (AvgIpc) is 3.70. The Bertz CT molecular complexity index is 1470. The number of carbonyl (C=O) groups is 1. The van der Waals surface area contributed by atoms with Crippen LogP contribution in [-0.2, 0) is 18.4 Å². The van der Waals surface area contributed by atoms with Crippen molar-refractivity contribution < 1.29 is 32.9 Å². The number of likely N-dealkylation sites (N-methyl/N-ethyl adjacent to an activating group) is 1. The molecule has 0 saturated heterocycles. The number of rotatable bonds is 74. The maximum Gasteiger partial charge on any atom is 0.472 e. The van der Waals surface area contributed by atoms with Gasteiger partial charge in [-0.25, -0.2) is 4.57 Å². The van der Waals surface area contributed by atoms with E-state index in [1.165, 1.54) is 360 Å². The summed E-state index contributed by atoms with van der Waals surface area (Å²) in [6.07, 6.45) is 92.4. The molecule has 3 atom stereocenters. The fourth-order valence-corrected chi connectivity index (χ4v) is 13.1. The highest BCUT2D eigenvalue weighted by Crippen LogP contribution is 2.43. The minimum absolute atomic E-state index is 0.0592. The monoisotopic (exact) mass is 1250 g/mol. The number of carbonyl (C=O) groups excluding carboxylic acids is 1. The van der Waals surface area contributed by atoms with Crippen LogP contribution in [-0.4, -0.2) is 73.4 Å². The number of hydrogen-bond acceptors (Lipinski definition) is 5. The normalized spacial score (nSPS) is 13.6. The third-order valence-electron chi connectivity index (χ3n) is 18.4. The van der Waals surface area contributed by atoms with Crippen LogP contribution in [0.1, 0.15) is 418 Å². The zero-order chi connectivity index (χ0) is 63.4. The maximum absolute atomic E-state index is 13.1. The highest BCUT2D eigenvalue weighted by molar-refractivity contribution is 7.47. The molecule has 3 N–H and O–H groups in total. The van der Waals surface area contributed by atoms with E-state index >= 15 is 0 Å². The van der Waals surface area contributed by atoms with Crippen LogP contribution in [0, 0.1) is 0 Å². The summed E-state index contributed by atoms with van der Waals surface area (Å²) in [6, 6.07) is -0.862. The predicted octanol–water partition coefficient (Wildman–Crippen LogP) is 25.4. The molecule has 87 heavy (non-hydrogen) atoms. The number of allylic oxidation sites excluding steroid dienone is 3. The number of aliphatic hydroxyl groups excluding tert-OH is 1. The van der Waals surface area contributed by atoms with E-state index in [0.29, 0.717) is 17.4 Å². The van der Waals surface area contributed by atoms with E-state index in [1.807, 2.05) is 27.2 Å². The quantitative estimate of drug-likeness (QED) is 0.0243. The van der Waals surface area contributed by atoms with Gasteiger partial charge in [0.15, 0.2) is 0 Å². The third-order valence-corrected chi connectivity index (χ3v) is 19.4. The lowest BCUT2D eigenvalue weighted by molar-refractivity contribution is -0.870. The molecular formula is C78H156N2O6P+. The summed E-state index contributed by atoms with van der Waals surface area (Å²) in [4.78, 5) is 23.5. The molecule has 1 amide bonds. The molecule has 0 spiro atoms. The maximum atomic E-state index is 13.1. The van der Waals surface area contributed by atoms with E-state index in [-0.39, 0.29) is 19.1 Å².